The van der Waals surface area contributed by atoms with Crippen molar-refractivity contribution in [2.24, 2.45) is 0 Å². The van der Waals surface area contributed by atoms with Gasteiger partial charge in [-0.05, 0) is 30.2 Å². The van der Waals surface area contributed by atoms with Crippen LogP contribution in [0.5, 0.6) is 0 Å². The highest BCUT2D eigenvalue weighted by Crippen LogP contribution is 2.20. The largest absolute Gasteiger partial charge is 0.388 e. The Kier molecular flexibility index (Phi) is 4.78. The summed E-state index contributed by atoms with van der Waals surface area (Å²) in [6.07, 6.45) is 1.44. The minimum absolute atomic E-state index is 0.596. The average Bonchev–Trinajstić information content (AvgIpc) is 2.33. The van der Waals surface area contributed by atoms with E-state index in [1.54, 1.807) is 0 Å². The van der Waals surface area contributed by atoms with Gasteiger partial charge in [-0.2, -0.15) is 0 Å². The average molecular weight is 314 g/mol. The molecule has 0 spiro atoms. The molecule has 1 fully saturated rings. The summed E-state index contributed by atoms with van der Waals surface area (Å²) in [5.41, 5.74) is 1.94. The van der Waals surface area contributed by atoms with Crippen LogP contribution in [0.3, 0.4) is 0 Å². The van der Waals surface area contributed by atoms with Crippen molar-refractivity contribution in [2.75, 3.05) is 19.8 Å². The van der Waals surface area contributed by atoms with Crippen LogP contribution < -0.4 is 5.32 Å². The number of hydrogen-bond donors (Lipinski definition) is 2. The zero-order valence-electron chi connectivity index (χ0n) is 10.7. The Labute approximate surface area is 117 Å². The van der Waals surface area contributed by atoms with Crippen LogP contribution in [0.15, 0.2) is 22.7 Å². The number of nitrogens with one attached hydrogen (secondary N) is 1. The SMILES string of the molecule is Cc1cc(Br)ccc1CNCC1(O)CCOCC1. The molecule has 1 heterocycles. The molecule has 0 aromatic heterocycles. The molecule has 1 saturated heterocycles. The van der Waals surface area contributed by atoms with Gasteiger partial charge in [-0.3, -0.25) is 0 Å². The van der Waals surface area contributed by atoms with Crippen molar-refractivity contribution in [1.82, 2.24) is 5.32 Å². The monoisotopic (exact) mass is 313 g/mol. The Balaban J connectivity index is 1.84. The maximum atomic E-state index is 10.3. The molecule has 0 amide bonds. The fraction of sp³-hybridized carbons (Fsp3) is 0.571. The van der Waals surface area contributed by atoms with Crippen molar-refractivity contribution < 1.29 is 9.84 Å². The molecular weight excluding hydrogens is 294 g/mol. The normalized spacial score (nSPS) is 18.8. The van der Waals surface area contributed by atoms with Gasteiger partial charge >= 0.3 is 0 Å². The fourth-order valence-electron chi connectivity index (χ4n) is 2.22. The van der Waals surface area contributed by atoms with Gasteiger partial charge in [-0.25, -0.2) is 0 Å². The quantitative estimate of drug-likeness (QED) is 0.897. The van der Waals surface area contributed by atoms with Gasteiger partial charge in [0.25, 0.3) is 0 Å². The zero-order valence-corrected chi connectivity index (χ0v) is 12.3. The van der Waals surface area contributed by atoms with Gasteiger partial charge in [-0.15, -0.1) is 0 Å². The summed E-state index contributed by atoms with van der Waals surface area (Å²) in [6.45, 7) is 4.85. The van der Waals surface area contributed by atoms with Crippen LogP contribution in [-0.2, 0) is 11.3 Å². The first-order valence-corrected chi connectivity index (χ1v) is 7.14. The van der Waals surface area contributed by atoms with Gasteiger partial charge < -0.3 is 15.2 Å². The molecule has 1 aliphatic rings. The molecule has 100 valence electrons. The van der Waals surface area contributed by atoms with Crippen molar-refractivity contribution in [3.63, 3.8) is 0 Å². The van der Waals surface area contributed by atoms with Crippen LogP contribution in [-0.4, -0.2) is 30.5 Å². The van der Waals surface area contributed by atoms with E-state index in [0.717, 1.165) is 23.9 Å². The van der Waals surface area contributed by atoms with Gasteiger partial charge in [-0.1, -0.05) is 22.0 Å². The number of halogens is 1. The lowest BCUT2D eigenvalue weighted by molar-refractivity contribution is -0.0617. The van der Waals surface area contributed by atoms with Crippen LogP contribution >= 0.6 is 15.9 Å². The number of aliphatic hydroxyl groups is 1. The summed E-state index contributed by atoms with van der Waals surface area (Å²) in [7, 11) is 0. The molecule has 2 rings (SSSR count). The van der Waals surface area contributed by atoms with Crippen molar-refractivity contribution in [3.05, 3.63) is 33.8 Å². The number of benzene rings is 1. The third-order valence-corrected chi connectivity index (χ3v) is 3.99. The summed E-state index contributed by atoms with van der Waals surface area (Å²) < 4.78 is 6.37. The lowest BCUT2D eigenvalue weighted by Gasteiger charge is -2.32. The van der Waals surface area contributed by atoms with E-state index in [9.17, 15) is 5.11 Å². The first-order valence-electron chi connectivity index (χ1n) is 6.35. The summed E-state index contributed by atoms with van der Waals surface area (Å²) >= 11 is 3.46. The topological polar surface area (TPSA) is 41.5 Å². The Morgan fingerprint density at radius 2 is 2.11 bits per heavy atom. The summed E-state index contributed by atoms with van der Waals surface area (Å²) in [4.78, 5) is 0. The highest BCUT2D eigenvalue weighted by Gasteiger charge is 2.29. The molecule has 1 aromatic rings. The van der Waals surface area contributed by atoms with E-state index in [2.05, 4.69) is 40.3 Å². The van der Waals surface area contributed by atoms with Gasteiger partial charge in [0, 0.05) is 43.6 Å². The number of aryl methyl sites for hydroxylation is 1. The fourth-order valence-corrected chi connectivity index (χ4v) is 2.69. The van der Waals surface area contributed by atoms with Crippen LogP contribution in [0.1, 0.15) is 24.0 Å². The number of rotatable bonds is 4. The van der Waals surface area contributed by atoms with E-state index >= 15 is 0 Å². The van der Waals surface area contributed by atoms with Crippen LogP contribution in [0.4, 0.5) is 0 Å². The number of ether oxygens (including phenoxy) is 1. The molecule has 1 aliphatic heterocycles. The predicted octanol–water partition coefficient (Wildman–Crippen LogP) is 2.39. The Bertz CT molecular complexity index is 403. The van der Waals surface area contributed by atoms with E-state index in [1.807, 2.05) is 6.07 Å². The second-order valence-electron chi connectivity index (χ2n) is 5.01. The third-order valence-electron chi connectivity index (χ3n) is 3.50. The minimum Gasteiger partial charge on any atom is -0.388 e. The molecule has 0 unspecified atom stereocenters. The van der Waals surface area contributed by atoms with Gasteiger partial charge in [0.05, 0.1) is 5.60 Å². The smallest absolute Gasteiger partial charge is 0.0815 e. The minimum atomic E-state index is -0.596. The third kappa shape index (κ3) is 3.79. The molecule has 0 aliphatic carbocycles. The van der Waals surface area contributed by atoms with E-state index in [0.29, 0.717) is 19.8 Å². The first-order chi connectivity index (χ1) is 8.59. The first kappa shape index (κ1) is 14.0. The number of hydrogen-bond acceptors (Lipinski definition) is 3. The maximum Gasteiger partial charge on any atom is 0.0815 e. The summed E-state index contributed by atoms with van der Waals surface area (Å²) in [6, 6.07) is 6.27. The van der Waals surface area contributed by atoms with Crippen molar-refractivity contribution in [2.45, 2.75) is 31.9 Å². The lowest BCUT2D eigenvalue weighted by Crippen LogP contribution is -2.44. The highest BCUT2D eigenvalue weighted by atomic mass is 79.9. The summed E-state index contributed by atoms with van der Waals surface area (Å²) in [5, 5.41) is 13.7. The van der Waals surface area contributed by atoms with Crippen LogP contribution in [0.25, 0.3) is 0 Å². The van der Waals surface area contributed by atoms with Crippen LogP contribution in [0.2, 0.25) is 0 Å². The van der Waals surface area contributed by atoms with Gasteiger partial charge in [0.15, 0.2) is 0 Å². The second-order valence-corrected chi connectivity index (χ2v) is 5.93. The molecule has 0 radical (unpaired) electrons. The van der Waals surface area contributed by atoms with Crippen molar-refractivity contribution >= 4 is 15.9 Å². The lowest BCUT2D eigenvalue weighted by atomic mass is 9.94. The highest BCUT2D eigenvalue weighted by molar-refractivity contribution is 9.10. The van der Waals surface area contributed by atoms with Crippen LogP contribution in [0, 0.1) is 6.92 Å². The van der Waals surface area contributed by atoms with E-state index in [1.165, 1.54) is 11.1 Å². The standard InChI is InChI=1S/C14H20BrNO2/c1-11-8-13(15)3-2-12(11)9-16-10-14(17)4-6-18-7-5-14/h2-3,8,16-17H,4-7,9-10H2,1H3. The Hall–Kier alpha value is -0.420. The molecule has 0 saturated carbocycles. The van der Waals surface area contributed by atoms with Crippen molar-refractivity contribution in [1.29, 1.82) is 0 Å². The zero-order chi connectivity index (χ0) is 13.0. The van der Waals surface area contributed by atoms with Gasteiger partial charge in [0.2, 0.25) is 0 Å². The summed E-state index contributed by atoms with van der Waals surface area (Å²) in [5.74, 6) is 0. The Morgan fingerprint density at radius 3 is 2.78 bits per heavy atom. The van der Waals surface area contributed by atoms with E-state index in [4.69, 9.17) is 4.74 Å². The predicted molar refractivity (Wildman–Crippen MR) is 75.6 cm³/mol. The second kappa shape index (κ2) is 6.15. The Morgan fingerprint density at radius 1 is 1.39 bits per heavy atom. The van der Waals surface area contributed by atoms with Gasteiger partial charge in [0.1, 0.15) is 0 Å². The molecule has 0 bridgehead atoms. The molecule has 3 nitrogen and oxygen atoms in total. The molecule has 2 N–H and O–H groups in total. The van der Waals surface area contributed by atoms with E-state index < -0.39 is 5.60 Å². The maximum absolute atomic E-state index is 10.3. The van der Waals surface area contributed by atoms with Crippen molar-refractivity contribution in [3.8, 4) is 0 Å². The molecule has 1 aromatic carbocycles. The molecule has 4 heteroatoms. The van der Waals surface area contributed by atoms with E-state index in [-0.39, 0.29) is 0 Å². The molecule has 0 atom stereocenters. The molecule has 18 heavy (non-hydrogen) atoms. The molecular formula is C14H20BrNO2.